The van der Waals surface area contributed by atoms with E-state index in [1.54, 1.807) is 31.4 Å². The molecule has 38 heavy (non-hydrogen) atoms. The number of methoxy groups -OCH3 is 2. The molecular formula is C31H34FN3O3. The molecular weight excluding hydrogens is 481 g/mol. The van der Waals surface area contributed by atoms with Crippen LogP contribution in [0.15, 0.2) is 77.9 Å². The first kappa shape index (κ1) is 25.9. The van der Waals surface area contributed by atoms with Crippen LogP contribution < -0.4 is 9.47 Å². The van der Waals surface area contributed by atoms with Crippen LogP contribution >= 0.6 is 0 Å². The average Bonchev–Trinajstić information content (AvgIpc) is 3.40. The second-order valence-corrected chi connectivity index (χ2v) is 10.0. The van der Waals surface area contributed by atoms with Gasteiger partial charge in [0.05, 0.1) is 32.5 Å². The monoisotopic (exact) mass is 515 g/mol. The van der Waals surface area contributed by atoms with Gasteiger partial charge in [-0.3, -0.25) is 9.69 Å². The summed E-state index contributed by atoms with van der Waals surface area (Å²) in [5, 5.41) is 6.36. The van der Waals surface area contributed by atoms with Gasteiger partial charge in [-0.1, -0.05) is 42.5 Å². The van der Waals surface area contributed by atoms with Crippen molar-refractivity contribution in [2.45, 2.75) is 31.7 Å². The molecule has 2 heterocycles. The summed E-state index contributed by atoms with van der Waals surface area (Å²) in [6, 6.07) is 22.1. The zero-order chi connectivity index (χ0) is 26.5. The Hall–Kier alpha value is -3.71. The van der Waals surface area contributed by atoms with Gasteiger partial charge in [-0.2, -0.15) is 5.10 Å². The number of likely N-dealkylation sites (tertiary alicyclic amines) is 1. The van der Waals surface area contributed by atoms with Gasteiger partial charge in [-0.15, -0.1) is 0 Å². The maximum Gasteiger partial charge on any atom is 0.257 e. The second kappa shape index (κ2) is 11.8. The molecule has 0 aromatic heterocycles. The summed E-state index contributed by atoms with van der Waals surface area (Å²) in [4.78, 5) is 15.9. The number of hydrogen-bond donors (Lipinski definition) is 0. The molecule has 5 rings (SSSR count). The minimum atomic E-state index is -0.344. The predicted octanol–water partition coefficient (Wildman–Crippen LogP) is 5.48. The molecule has 1 saturated heterocycles. The number of carbonyl (C=O) groups excluding carboxylic acids is 1. The molecule has 0 N–H and O–H groups in total. The fourth-order valence-corrected chi connectivity index (χ4v) is 5.46. The van der Waals surface area contributed by atoms with E-state index in [1.807, 2.05) is 18.2 Å². The third-order valence-electron chi connectivity index (χ3n) is 7.57. The number of hydrogen-bond acceptors (Lipinski definition) is 5. The highest BCUT2D eigenvalue weighted by Gasteiger charge is 2.36. The molecule has 1 fully saturated rings. The number of ether oxygens (including phenoxy) is 2. The molecule has 2 aliphatic rings. The number of halogens is 1. The van der Waals surface area contributed by atoms with Crippen LogP contribution in [0.25, 0.3) is 0 Å². The SMILES string of the molecule is COc1ccc(OC)c([C@H]2CC(c3ccc(F)cc3)=NN2C(=O)CN2CCC(Cc3ccccc3)CC2)c1. The first-order chi connectivity index (χ1) is 18.5. The third kappa shape index (κ3) is 5.89. The summed E-state index contributed by atoms with van der Waals surface area (Å²) < 4.78 is 24.7. The van der Waals surface area contributed by atoms with Crippen molar-refractivity contribution < 1.29 is 18.7 Å². The quantitative estimate of drug-likeness (QED) is 0.399. The van der Waals surface area contributed by atoms with Crippen LogP contribution in [0.2, 0.25) is 0 Å². The van der Waals surface area contributed by atoms with Gasteiger partial charge in [0.2, 0.25) is 0 Å². The van der Waals surface area contributed by atoms with E-state index in [9.17, 15) is 9.18 Å². The molecule has 0 saturated carbocycles. The van der Waals surface area contributed by atoms with Gasteiger partial charge < -0.3 is 9.47 Å². The van der Waals surface area contributed by atoms with Crippen molar-refractivity contribution in [1.29, 1.82) is 0 Å². The summed E-state index contributed by atoms with van der Waals surface area (Å²) in [6.45, 7) is 2.08. The average molecular weight is 516 g/mol. The lowest BCUT2D eigenvalue weighted by Gasteiger charge is -2.33. The Morgan fingerprint density at radius 3 is 2.39 bits per heavy atom. The second-order valence-electron chi connectivity index (χ2n) is 10.0. The van der Waals surface area contributed by atoms with Gasteiger partial charge in [-0.05, 0) is 79.7 Å². The smallest absolute Gasteiger partial charge is 0.257 e. The lowest BCUT2D eigenvalue weighted by Crippen LogP contribution is -2.42. The van der Waals surface area contributed by atoms with E-state index >= 15 is 0 Å². The maximum absolute atomic E-state index is 13.7. The molecule has 0 bridgehead atoms. The van der Waals surface area contributed by atoms with E-state index in [0.717, 1.165) is 49.2 Å². The molecule has 198 valence electrons. The third-order valence-corrected chi connectivity index (χ3v) is 7.57. The highest BCUT2D eigenvalue weighted by atomic mass is 19.1. The van der Waals surface area contributed by atoms with E-state index in [-0.39, 0.29) is 17.8 Å². The molecule has 6 nitrogen and oxygen atoms in total. The number of piperidine rings is 1. The Labute approximate surface area is 223 Å². The van der Waals surface area contributed by atoms with Crippen molar-refractivity contribution in [2.24, 2.45) is 11.0 Å². The van der Waals surface area contributed by atoms with Gasteiger partial charge in [0.1, 0.15) is 17.3 Å². The molecule has 1 amide bonds. The van der Waals surface area contributed by atoms with Crippen LogP contribution in [0, 0.1) is 11.7 Å². The zero-order valence-corrected chi connectivity index (χ0v) is 22.0. The number of nitrogens with zero attached hydrogens (tertiary/aromatic N) is 3. The summed E-state index contributed by atoms with van der Waals surface area (Å²) >= 11 is 0. The normalized spacial score (nSPS) is 18.3. The summed E-state index contributed by atoms with van der Waals surface area (Å²) in [5.74, 6) is 1.63. The van der Waals surface area contributed by atoms with Crippen molar-refractivity contribution in [3.63, 3.8) is 0 Å². The first-order valence-corrected chi connectivity index (χ1v) is 13.2. The number of hydrazone groups is 1. The highest BCUT2D eigenvalue weighted by Crippen LogP contribution is 2.39. The minimum Gasteiger partial charge on any atom is -0.497 e. The van der Waals surface area contributed by atoms with Gasteiger partial charge in [0.15, 0.2) is 0 Å². The Bertz CT molecular complexity index is 1270. The fraction of sp³-hybridized carbons (Fsp3) is 0.355. The molecule has 3 aromatic carbocycles. The highest BCUT2D eigenvalue weighted by molar-refractivity contribution is 6.03. The number of rotatable bonds is 8. The predicted molar refractivity (Wildman–Crippen MR) is 146 cm³/mol. The summed E-state index contributed by atoms with van der Waals surface area (Å²) in [5.41, 5.74) is 3.75. The lowest BCUT2D eigenvalue weighted by atomic mass is 9.90. The largest absolute Gasteiger partial charge is 0.497 e. The Morgan fingerprint density at radius 1 is 0.974 bits per heavy atom. The number of carbonyl (C=O) groups is 1. The first-order valence-electron chi connectivity index (χ1n) is 13.2. The van der Waals surface area contributed by atoms with Crippen molar-refractivity contribution in [2.75, 3.05) is 33.9 Å². The maximum atomic E-state index is 13.7. The molecule has 3 aromatic rings. The van der Waals surface area contributed by atoms with Gasteiger partial charge >= 0.3 is 0 Å². The summed E-state index contributed by atoms with van der Waals surface area (Å²) in [7, 11) is 3.23. The van der Waals surface area contributed by atoms with Gasteiger partial charge in [0, 0.05) is 12.0 Å². The van der Waals surface area contributed by atoms with Crippen molar-refractivity contribution in [3.05, 3.63) is 95.3 Å². The molecule has 2 aliphatic heterocycles. The molecule has 7 heteroatoms. The molecule has 0 spiro atoms. The standard InChI is InChI=1S/C31H34FN3O3/c1-37-26-12-13-30(38-2)27(19-26)29-20-28(24-8-10-25(32)11-9-24)33-35(29)31(36)21-34-16-14-23(15-17-34)18-22-6-4-3-5-7-22/h3-13,19,23,29H,14-18,20-21H2,1-2H3/t29-/m1/s1. The Balaban J connectivity index is 1.32. The Kier molecular flexibility index (Phi) is 8.03. The zero-order valence-electron chi connectivity index (χ0n) is 22.0. The number of amides is 1. The van der Waals surface area contributed by atoms with Crippen LogP contribution in [0.1, 0.15) is 42.0 Å². The van der Waals surface area contributed by atoms with Crippen LogP contribution in [0.5, 0.6) is 11.5 Å². The van der Waals surface area contributed by atoms with Gasteiger partial charge in [-0.25, -0.2) is 9.40 Å². The van der Waals surface area contributed by atoms with E-state index in [1.165, 1.54) is 17.7 Å². The van der Waals surface area contributed by atoms with Crippen molar-refractivity contribution in [1.82, 2.24) is 9.91 Å². The van der Waals surface area contributed by atoms with E-state index in [0.29, 0.717) is 30.4 Å². The fourth-order valence-electron chi connectivity index (χ4n) is 5.46. The minimum absolute atomic E-state index is 0.0569. The van der Waals surface area contributed by atoms with E-state index in [4.69, 9.17) is 14.6 Å². The topological polar surface area (TPSA) is 54.4 Å². The van der Waals surface area contributed by atoms with Crippen molar-refractivity contribution in [3.8, 4) is 11.5 Å². The number of benzene rings is 3. The van der Waals surface area contributed by atoms with Crippen molar-refractivity contribution >= 4 is 11.6 Å². The lowest BCUT2D eigenvalue weighted by molar-refractivity contribution is -0.134. The van der Waals surface area contributed by atoms with Crippen LogP contribution in [0.3, 0.4) is 0 Å². The Morgan fingerprint density at radius 2 is 1.71 bits per heavy atom. The van der Waals surface area contributed by atoms with E-state index < -0.39 is 0 Å². The van der Waals surface area contributed by atoms with Gasteiger partial charge in [0.25, 0.3) is 5.91 Å². The molecule has 0 unspecified atom stereocenters. The molecule has 0 radical (unpaired) electrons. The van der Waals surface area contributed by atoms with Crippen LogP contribution in [-0.4, -0.2) is 55.4 Å². The molecule has 1 atom stereocenters. The molecule has 0 aliphatic carbocycles. The van der Waals surface area contributed by atoms with E-state index in [2.05, 4.69) is 35.2 Å². The van der Waals surface area contributed by atoms with Crippen LogP contribution in [-0.2, 0) is 11.2 Å². The van der Waals surface area contributed by atoms with Crippen LogP contribution in [0.4, 0.5) is 4.39 Å². The summed E-state index contributed by atoms with van der Waals surface area (Å²) in [6.07, 6.45) is 3.72.